The molecule has 2 aliphatic rings. The Morgan fingerprint density at radius 2 is 2.03 bits per heavy atom. The van der Waals surface area contributed by atoms with Gasteiger partial charge in [0.1, 0.15) is 12.5 Å². The fourth-order valence-corrected chi connectivity index (χ4v) is 5.03. The van der Waals surface area contributed by atoms with Crippen LogP contribution in [0, 0.1) is 11.8 Å². The van der Waals surface area contributed by atoms with Crippen molar-refractivity contribution in [3.8, 4) is 0 Å². The second-order valence-corrected chi connectivity index (χ2v) is 9.09. The zero-order chi connectivity index (χ0) is 22.7. The molecule has 0 amide bonds. The number of ether oxygens (including phenoxy) is 3. The third-order valence-corrected chi connectivity index (χ3v) is 6.50. The molecule has 0 saturated heterocycles. The maximum absolute atomic E-state index is 13.5. The first kappa shape index (κ1) is 23.2. The van der Waals surface area contributed by atoms with Crippen LogP contribution < -0.4 is 5.32 Å². The van der Waals surface area contributed by atoms with Gasteiger partial charge < -0.3 is 19.5 Å². The van der Waals surface area contributed by atoms with Gasteiger partial charge >= 0.3 is 11.9 Å². The lowest BCUT2D eigenvalue weighted by Crippen LogP contribution is -2.43. The molecule has 0 radical (unpaired) electrons. The molecule has 7 nitrogen and oxygen atoms in total. The molecule has 3 atom stereocenters. The molecule has 0 saturated carbocycles. The topological polar surface area (TPSA) is 90.9 Å². The fraction of sp³-hybridized carbons (Fsp3) is 0.522. The minimum absolute atomic E-state index is 0.0414. The monoisotopic (exact) mass is 447 g/mol. The molecule has 0 unspecified atom stereocenters. The molecule has 0 aromatic carbocycles. The van der Waals surface area contributed by atoms with Gasteiger partial charge in [-0.05, 0) is 44.6 Å². The SMILES string of the molecule is COC(=O)[C@@H]1C(=O)C2=C(C[C@H]1C)NC(C)=C(C(=O)OCCOC(C)C)[C@@H]2c1cccs1. The van der Waals surface area contributed by atoms with Gasteiger partial charge in [0.25, 0.3) is 0 Å². The first-order chi connectivity index (χ1) is 14.8. The number of thiophene rings is 1. The Balaban J connectivity index is 1.96. The van der Waals surface area contributed by atoms with Gasteiger partial charge in [-0.15, -0.1) is 11.3 Å². The summed E-state index contributed by atoms with van der Waals surface area (Å²) in [5, 5.41) is 5.15. The summed E-state index contributed by atoms with van der Waals surface area (Å²) in [5.41, 5.74) is 2.25. The van der Waals surface area contributed by atoms with Crippen molar-refractivity contribution in [2.24, 2.45) is 11.8 Å². The number of Topliss-reactive ketones (excluding diaryl/α,β-unsaturated/α-hetero) is 1. The predicted octanol–water partition coefficient (Wildman–Crippen LogP) is 3.33. The van der Waals surface area contributed by atoms with E-state index in [2.05, 4.69) is 5.32 Å². The van der Waals surface area contributed by atoms with Crippen LogP contribution in [0.2, 0.25) is 0 Å². The van der Waals surface area contributed by atoms with Crippen LogP contribution in [0.5, 0.6) is 0 Å². The molecule has 1 aromatic rings. The molecule has 31 heavy (non-hydrogen) atoms. The van der Waals surface area contributed by atoms with Crippen LogP contribution in [0.15, 0.2) is 40.1 Å². The molecule has 0 spiro atoms. The van der Waals surface area contributed by atoms with Gasteiger partial charge in [0.2, 0.25) is 0 Å². The standard InChI is InChI=1S/C23H29NO6S/c1-12(2)29-8-9-30-23(27)18-14(4)24-15-11-13(3)17(22(26)28-5)21(25)19(15)20(18)16-7-6-10-31-16/h6-7,10,12-13,17,20,24H,8-9,11H2,1-5H3/t13-,17+,20+/m1/s1. The average molecular weight is 448 g/mol. The highest BCUT2D eigenvalue weighted by molar-refractivity contribution is 7.10. The highest BCUT2D eigenvalue weighted by atomic mass is 32.1. The van der Waals surface area contributed by atoms with Crippen LogP contribution in [-0.2, 0) is 28.6 Å². The van der Waals surface area contributed by atoms with E-state index in [4.69, 9.17) is 14.2 Å². The van der Waals surface area contributed by atoms with Crippen molar-refractivity contribution in [1.82, 2.24) is 5.32 Å². The predicted molar refractivity (Wildman–Crippen MR) is 116 cm³/mol. The summed E-state index contributed by atoms with van der Waals surface area (Å²) >= 11 is 1.46. The lowest BCUT2D eigenvalue weighted by molar-refractivity contribution is -0.151. The van der Waals surface area contributed by atoms with E-state index in [-0.39, 0.29) is 24.4 Å². The van der Waals surface area contributed by atoms with E-state index in [0.29, 0.717) is 29.9 Å². The molecule has 1 N–H and O–H groups in total. The molecule has 2 heterocycles. The Labute approximate surface area is 186 Å². The van der Waals surface area contributed by atoms with Gasteiger partial charge in [-0.3, -0.25) is 9.59 Å². The van der Waals surface area contributed by atoms with Crippen LogP contribution in [0.3, 0.4) is 0 Å². The van der Waals surface area contributed by atoms with E-state index < -0.39 is 23.8 Å². The van der Waals surface area contributed by atoms with E-state index in [9.17, 15) is 14.4 Å². The average Bonchev–Trinajstić information content (AvgIpc) is 3.24. The molecular formula is C23H29NO6S. The number of esters is 2. The molecule has 1 aliphatic heterocycles. The van der Waals surface area contributed by atoms with Crippen LogP contribution in [0.25, 0.3) is 0 Å². The van der Waals surface area contributed by atoms with Crippen LogP contribution in [-0.4, -0.2) is 44.1 Å². The number of nitrogens with one attached hydrogen (secondary N) is 1. The van der Waals surface area contributed by atoms with E-state index in [1.807, 2.05) is 45.2 Å². The van der Waals surface area contributed by atoms with Gasteiger partial charge in [-0.25, -0.2) is 4.79 Å². The summed E-state index contributed by atoms with van der Waals surface area (Å²) in [6, 6.07) is 3.77. The van der Waals surface area contributed by atoms with Gasteiger partial charge in [0, 0.05) is 21.8 Å². The number of carbonyl (C=O) groups is 3. The summed E-state index contributed by atoms with van der Waals surface area (Å²) in [6.07, 6.45) is 0.560. The van der Waals surface area contributed by atoms with Gasteiger partial charge in [0.05, 0.1) is 31.3 Å². The van der Waals surface area contributed by atoms with Crippen LogP contribution >= 0.6 is 11.3 Å². The lowest BCUT2D eigenvalue weighted by Gasteiger charge is -2.37. The Kier molecular flexibility index (Phi) is 7.33. The van der Waals surface area contributed by atoms with Crippen molar-refractivity contribution in [2.45, 2.75) is 46.1 Å². The first-order valence-electron chi connectivity index (χ1n) is 10.4. The Morgan fingerprint density at radius 1 is 1.29 bits per heavy atom. The highest BCUT2D eigenvalue weighted by Gasteiger charge is 2.47. The molecular weight excluding hydrogens is 418 g/mol. The molecule has 1 aliphatic carbocycles. The van der Waals surface area contributed by atoms with Crippen molar-refractivity contribution in [3.63, 3.8) is 0 Å². The second kappa shape index (κ2) is 9.78. The summed E-state index contributed by atoms with van der Waals surface area (Å²) in [4.78, 5) is 39.8. The normalized spacial score (nSPS) is 23.5. The molecule has 8 heteroatoms. The quantitative estimate of drug-likeness (QED) is 0.389. The Morgan fingerprint density at radius 3 is 2.65 bits per heavy atom. The highest BCUT2D eigenvalue weighted by Crippen LogP contribution is 2.46. The minimum atomic E-state index is -0.886. The fourth-order valence-electron chi connectivity index (χ4n) is 4.19. The smallest absolute Gasteiger partial charge is 0.336 e. The van der Waals surface area contributed by atoms with Crippen molar-refractivity contribution < 1.29 is 28.6 Å². The summed E-state index contributed by atoms with van der Waals surface area (Å²) < 4.78 is 15.8. The van der Waals surface area contributed by atoms with Gasteiger partial charge in [0.15, 0.2) is 5.78 Å². The number of ketones is 1. The van der Waals surface area contributed by atoms with E-state index in [1.165, 1.54) is 18.4 Å². The zero-order valence-electron chi connectivity index (χ0n) is 18.5. The summed E-state index contributed by atoms with van der Waals surface area (Å²) in [7, 11) is 1.29. The molecule has 0 fully saturated rings. The number of allylic oxidation sites excluding steroid dienone is 3. The third-order valence-electron chi connectivity index (χ3n) is 5.56. The molecule has 3 rings (SSSR count). The minimum Gasteiger partial charge on any atom is -0.468 e. The lowest BCUT2D eigenvalue weighted by atomic mass is 9.70. The van der Waals surface area contributed by atoms with E-state index in [1.54, 1.807) is 0 Å². The van der Waals surface area contributed by atoms with Crippen molar-refractivity contribution in [3.05, 3.63) is 44.9 Å². The summed E-state index contributed by atoms with van der Waals surface area (Å²) in [5.74, 6) is -3.01. The first-order valence-corrected chi connectivity index (χ1v) is 11.3. The van der Waals surface area contributed by atoms with Gasteiger partial charge in [-0.2, -0.15) is 0 Å². The number of methoxy groups -OCH3 is 1. The number of hydrogen-bond acceptors (Lipinski definition) is 8. The number of dihydropyridines is 1. The van der Waals surface area contributed by atoms with Crippen LogP contribution in [0.1, 0.15) is 44.9 Å². The maximum atomic E-state index is 13.5. The molecule has 1 aromatic heterocycles. The van der Waals surface area contributed by atoms with E-state index >= 15 is 0 Å². The number of carbonyl (C=O) groups excluding carboxylic acids is 3. The van der Waals surface area contributed by atoms with E-state index in [0.717, 1.165) is 10.6 Å². The second-order valence-electron chi connectivity index (χ2n) is 8.11. The molecule has 168 valence electrons. The van der Waals surface area contributed by atoms with Gasteiger partial charge in [-0.1, -0.05) is 13.0 Å². The van der Waals surface area contributed by atoms with Crippen LogP contribution in [0.4, 0.5) is 0 Å². The maximum Gasteiger partial charge on any atom is 0.336 e. The Bertz CT molecular complexity index is 915. The Hall–Kier alpha value is -2.45. The van der Waals surface area contributed by atoms with Crippen molar-refractivity contribution in [2.75, 3.05) is 20.3 Å². The van der Waals surface area contributed by atoms with Crippen molar-refractivity contribution in [1.29, 1.82) is 0 Å². The van der Waals surface area contributed by atoms with Crippen molar-refractivity contribution >= 4 is 29.1 Å². The molecule has 0 bridgehead atoms. The summed E-state index contributed by atoms with van der Waals surface area (Å²) in [6.45, 7) is 7.91. The number of rotatable bonds is 7. The third kappa shape index (κ3) is 4.75. The number of hydrogen-bond donors (Lipinski definition) is 1. The largest absolute Gasteiger partial charge is 0.468 e. The zero-order valence-corrected chi connectivity index (χ0v) is 19.3.